The highest BCUT2D eigenvalue weighted by Crippen LogP contribution is 2.31. The quantitative estimate of drug-likeness (QED) is 0.653. The van der Waals surface area contributed by atoms with E-state index in [1.165, 1.54) is 0 Å². The Morgan fingerprint density at radius 3 is 2.70 bits per heavy atom. The van der Waals surface area contributed by atoms with Gasteiger partial charge >= 0.3 is 12.0 Å². The zero-order chi connectivity index (χ0) is 14.4. The topological polar surface area (TPSA) is 107 Å². The zero-order valence-electron chi connectivity index (χ0n) is 11.3. The van der Waals surface area contributed by atoms with Gasteiger partial charge in [0.1, 0.15) is 0 Å². The lowest BCUT2D eigenvalue weighted by atomic mass is 9.79. The smallest absolute Gasteiger partial charge is 0.315 e. The molecule has 2 rings (SSSR count). The van der Waals surface area contributed by atoms with Crippen LogP contribution in [0.4, 0.5) is 4.79 Å². The van der Waals surface area contributed by atoms with Crippen molar-refractivity contribution in [2.45, 2.75) is 50.6 Å². The SMILES string of the molecule is O=C(O)CC1(NC(=O)NCc2cn[nH]c2)CCCCC1. The van der Waals surface area contributed by atoms with Gasteiger partial charge in [-0.15, -0.1) is 0 Å². The maximum Gasteiger partial charge on any atom is 0.315 e. The molecule has 1 heterocycles. The van der Waals surface area contributed by atoms with Crippen LogP contribution in [0.1, 0.15) is 44.1 Å². The Morgan fingerprint density at radius 1 is 1.35 bits per heavy atom. The fourth-order valence-electron chi connectivity index (χ4n) is 2.71. The summed E-state index contributed by atoms with van der Waals surface area (Å²) < 4.78 is 0. The zero-order valence-corrected chi connectivity index (χ0v) is 11.3. The van der Waals surface area contributed by atoms with Crippen LogP contribution < -0.4 is 10.6 Å². The number of aromatic amines is 1. The van der Waals surface area contributed by atoms with E-state index in [1.54, 1.807) is 12.4 Å². The minimum absolute atomic E-state index is 0.0217. The highest BCUT2D eigenvalue weighted by atomic mass is 16.4. The lowest BCUT2D eigenvalue weighted by Gasteiger charge is -2.36. The number of nitrogens with one attached hydrogen (secondary N) is 3. The summed E-state index contributed by atoms with van der Waals surface area (Å²) in [5.41, 5.74) is 0.265. The van der Waals surface area contributed by atoms with Gasteiger partial charge in [0, 0.05) is 18.3 Å². The van der Waals surface area contributed by atoms with Crippen molar-refractivity contribution in [2.75, 3.05) is 0 Å². The number of aromatic nitrogens is 2. The normalized spacial score (nSPS) is 17.4. The molecule has 0 bridgehead atoms. The van der Waals surface area contributed by atoms with Gasteiger partial charge in [-0.25, -0.2) is 4.79 Å². The first-order valence-electron chi connectivity index (χ1n) is 6.85. The van der Waals surface area contributed by atoms with E-state index in [0.29, 0.717) is 6.54 Å². The second-order valence-electron chi connectivity index (χ2n) is 5.33. The average Bonchev–Trinajstić information content (AvgIpc) is 2.89. The summed E-state index contributed by atoms with van der Waals surface area (Å²) in [5.74, 6) is -0.873. The van der Waals surface area contributed by atoms with Crippen molar-refractivity contribution >= 4 is 12.0 Å². The number of H-pyrrole nitrogens is 1. The van der Waals surface area contributed by atoms with Crippen molar-refractivity contribution in [2.24, 2.45) is 0 Å². The highest BCUT2D eigenvalue weighted by Gasteiger charge is 2.35. The van der Waals surface area contributed by atoms with E-state index in [9.17, 15) is 9.59 Å². The van der Waals surface area contributed by atoms with Gasteiger partial charge in [0.05, 0.1) is 18.2 Å². The van der Waals surface area contributed by atoms with Crippen molar-refractivity contribution in [1.29, 1.82) is 0 Å². The van der Waals surface area contributed by atoms with Crippen LogP contribution in [0, 0.1) is 0 Å². The summed E-state index contributed by atoms with van der Waals surface area (Å²) in [7, 11) is 0. The summed E-state index contributed by atoms with van der Waals surface area (Å²) in [6.45, 7) is 0.367. The molecule has 110 valence electrons. The van der Waals surface area contributed by atoms with E-state index in [1.807, 2.05) is 0 Å². The molecule has 4 N–H and O–H groups in total. The summed E-state index contributed by atoms with van der Waals surface area (Å²) in [6, 6.07) is -0.325. The Bertz CT molecular complexity index is 452. The third-order valence-corrected chi connectivity index (χ3v) is 3.69. The minimum Gasteiger partial charge on any atom is -0.481 e. The van der Waals surface area contributed by atoms with E-state index >= 15 is 0 Å². The fraction of sp³-hybridized carbons (Fsp3) is 0.615. The van der Waals surface area contributed by atoms with E-state index < -0.39 is 11.5 Å². The monoisotopic (exact) mass is 280 g/mol. The predicted octanol–water partition coefficient (Wildman–Crippen LogP) is 1.39. The molecule has 0 atom stereocenters. The Labute approximate surface area is 117 Å². The van der Waals surface area contributed by atoms with E-state index in [4.69, 9.17) is 5.11 Å². The first-order chi connectivity index (χ1) is 9.60. The number of rotatable bonds is 5. The van der Waals surface area contributed by atoms with Crippen molar-refractivity contribution < 1.29 is 14.7 Å². The van der Waals surface area contributed by atoms with Gasteiger partial charge in [0.25, 0.3) is 0 Å². The summed E-state index contributed by atoms with van der Waals surface area (Å²) >= 11 is 0. The van der Waals surface area contributed by atoms with Crippen LogP contribution in [-0.4, -0.2) is 32.8 Å². The van der Waals surface area contributed by atoms with Gasteiger partial charge in [-0.05, 0) is 12.8 Å². The number of amides is 2. The molecule has 0 aliphatic heterocycles. The lowest BCUT2D eigenvalue weighted by molar-refractivity contribution is -0.139. The van der Waals surface area contributed by atoms with Gasteiger partial charge in [-0.2, -0.15) is 5.10 Å². The van der Waals surface area contributed by atoms with Crippen LogP contribution in [0.25, 0.3) is 0 Å². The van der Waals surface area contributed by atoms with Crippen LogP contribution in [-0.2, 0) is 11.3 Å². The Morgan fingerprint density at radius 2 is 2.10 bits per heavy atom. The molecule has 1 saturated carbocycles. The van der Waals surface area contributed by atoms with Gasteiger partial charge in [0.15, 0.2) is 0 Å². The standard InChI is InChI=1S/C13H20N4O3/c18-11(19)6-13(4-2-1-3-5-13)17-12(20)14-7-10-8-15-16-9-10/h8-9H,1-7H2,(H,15,16)(H,18,19)(H2,14,17,20). The molecule has 2 amide bonds. The van der Waals surface area contributed by atoms with E-state index in [-0.39, 0.29) is 12.5 Å². The molecule has 20 heavy (non-hydrogen) atoms. The number of urea groups is 1. The lowest BCUT2D eigenvalue weighted by Crippen LogP contribution is -2.54. The average molecular weight is 280 g/mol. The maximum absolute atomic E-state index is 11.9. The largest absolute Gasteiger partial charge is 0.481 e. The first-order valence-corrected chi connectivity index (χ1v) is 6.85. The molecule has 1 aliphatic carbocycles. The molecule has 1 aliphatic rings. The number of carbonyl (C=O) groups is 2. The van der Waals surface area contributed by atoms with Crippen LogP contribution in [0.3, 0.4) is 0 Å². The second kappa shape index (κ2) is 6.40. The summed E-state index contributed by atoms with van der Waals surface area (Å²) in [5, 5.41) is 21.1. The fourth-order valence-corrected chi connectivity index (χ4v) is 2.71. The number of carbonyl (C=O) groups excluding carboxylic acids is 1. The molecule has 1 aromatic rings. The molecule has 7 heteroatoms. The number of carboxylic acids is 1. The first kappa shape index (κ1) is 14.4. The molecule has 0 saturated heterocycles. The van der Waals surface area contributed by atoms with Crippen LogP contribution in [0.5, 0.6) is 0 Å². The van der Waals surface area contributed by atoms with Crippen LogP contribution >= 0.6 is 0 Å². The van der Waals surface area contributed by atoms with E-state index in [2.05, 4.69) is 20.8 Å². The number of hydrogen-bond donors (Lipinski definition) is 4. The number of nitrogens with zero attached hydrogens (tertiary/aromatic N) is 1. The highest BCUT2D eigenvalue weighted by molar-refractivity contribution is 5.76. The van der Waals surface area contributed by atoms with Crippen LogP contribution in [0.15, 0.2) is 12.4 Å². The summed E-state index contributed by atoms with van der Waals surface area (Å²) in [4.78, 5) is 23.0. The second-order valence-corrected chi connectivity index (χ2v) is 5.33. The molecule has 0 radical (unpaired) electrons. The number of aliphatic carboxylic acids is 1. The van der Waals surface area contributed by atoms with Crippen molar-refractivity contribution in [3.8, 4) is 0 Å². The number of hydrogen-bond acceptors (Lipinski definition) is 3. The molecule has 0 spiro atoms. The Kier molecular flexibility index (Phi) is 4.60. The van der Waals surface area contributed by atoms with Crippen LogP contribution in [0.2, 0.25) is 0 Å². The minimum atomic E-state index is -0.873. The Hall–Kier alpha value is -2.05. The third kappa shape index (κ3) is 3.97. The Balaban J connectivity index is 1.89. The van der Waals surface area contributed by atoms with Gasteiger partial charge < -0.3 is 15.7 Å². The molecule has 1 fully saturated rings. The third-order valence-electron chi connectivity index (χ3n) is 3.69. The maximum atomic E-state index is 11.9. The van der Waals surface area contributed by atoms with Crippen molar-refractivity contribution in [3.63, 3.8) is 0 Å². The molecular weight excluding hydrogens is 260 g/mol. The van der Waals surface area contributed by atoms with Gasteiger partial charge in [-0.3, -0.25) is 9.89 Å². The molecular formula is C13H20N4O3. The predicted molar refractivity (Wildman–Crippen MR) is 72.0 cm³/mol. The summed E-state index contributed by atoms with van der Waals surface area (Å²) in [6.07, 6.45) is 7.76. The molecule has 0 aromatic carbocycles. The van der Waals surface area contributed by atoms with Crippen molar-refractivity contribution in [3.05, 3.63) is 18.0 Å². The van der Waals surface area contributed by atoms with E-state index in [0.717, 1.165) is 37.7 Å². The number of carboxylic acid groups (broad SMARTS) is 1. The molecule has 7 nitrogen and oxygen atoms in total. The van der Waals surface area contributed by atoms with Crippen molar-refractivity contribution in [1.82, 2.24) is 20.8 Å². The molecule has 0 unspecified atom stereocenters. The van der Waals surface area contributed by atoms with Gasteiger partial charge in [0.2, 0.25) is 0 Å². The van der Waals surface area contributed by atoms with Gasteiger partial charge in [-0.1, -0.05) is 19.3 Å². The molecule has 1 aromatic heterocycles.